The number of aromatic hydroxyl groups is 5. The summed E-state index contributed by atoms with van der Waals surface area (Å²) < 4.78 is 0.910. The monoisotopic (exact) mass is 1760 g/mol. The second-order valence-corrected chi connectivity index (χ2v) is 29.4. The highest BCUT2D eigenvalue weighted by Crippen LogP contribution is 2.34. The van der Waals surface area contributed by atoms with Gasteiger partial charge in [0.05, 0.1) is 32.6 Å². The van der Waals surface area contributed by atoms with E-state index in [0.29, 0.717) is 49.9 Å². The second kappa shape index (κ2) is 42.5. The maximum Gasteiger partial charge on any atom is 0.296 e. The van der Waals surface area contributed by atoms with Crippen molar-refractivity contribution in [3.63, 3.8) is 0 Å². The minimum absolute atomic E-state index is 0.00704. The largest absolute Gasteiger partial charge is 0.506 e. The quantitative estimate of drug-likeness (QED) is 0.0178. The number of non-ortho nitro benzene ring substituents is 1. The Bertz CT molecular complexity index is 5210. The third-order valence-electron chi connectivity index (χ3n) is 15.3. The van der Waals surface area contributed by atoms with E-state index in [1.165, 1.54) is 36.4 Å². The van der Waals surface area contributed by atoms with Crippen molar-refractivity contribution in [3.8, 4) is 28.7 Å². The average molecular weight is 1770 g/mol. The van der Waals surface area contributed by atoms with Crippen LogP contribution in [-0.4, -0.2) is 90.5 Å². The first-order valence-corrected chi connectivity index (χ1v) is 37.3. The summed E-state index contributed by atoms with van der Waals surface area (Å²) in [5, 5.41) is 97.4. The van der Waals surface area contributed by atoms with E-state index in [1.807, 2.05) is 113 Å². The summed E-state index contributed by atoms with van der Waals surface area (Å²) in [6, 6.07) is 49.5. The fourth-order valence-corrected chi connectivity index (χ4v) is 12.6. The molecule has 15 N–H and O–H groups in total. The van der Waals surface area contributed by atoms with Crippen LogP contribution in [0.15, 0.2) is 182 Å². The van der Waals surface area contributed by atoms with Gasteiger partial charge in [-0.05, 0) is 298 Å². The molecule has 0 saturated heterocycles. The number of nitrogens with one attached hydrogen (secondary N) is 10. The topological polar surface area (TPSA) is 393 Å². The normalized spacial score (nSPS) is 10.1. The molecular weight excluding hydrogens is 1690 g/mol. The Hall–Kier alpha value is -12.2. The molecule has 590 valence electrons. The summed E-state index contributed by atoms with van der Waals surface area (Å²) in [4.78, 5) is 81.5. The van der Waals surface area contributed by atoms with Crippen LogP contribution < -0.4 is 53.2 Å². The molecule has 0 heterocycles. The molecule has 0 aliphatic carbocycles. The molecule has 5 amide bonds. The molecule has 0 aromatic heterocycles. The van der Waals surface area contributed by atoms with Gasteiger partial charge in [-0.25, -0.2) is 0 Å². The molecule has 33 heteroatoms. The number of aryl methyl sites for hydroxylation is 11. The molecule has 10 aromatic carbocycles. The van der Waals surface area contributed by atoms with E-state index in [0.717, 1.165) is 76.9 Å². The highest BCUT2D eigenvalue weighted by Gasteiger charge is 2.21. The number of phenolic OH excluding ortho intramolecular Hbond substituents is 5. The van der Waals surface area contributed by atoms with Gasteiger partial charge in [-0.3, -0.25) is 70.8 Å². The van der Waals surface area contributed by atoms with E-state index in [-0.39, 0.29) is 94.8 Å². The molecule has 10 aromatic rings. The van der Waals surface area contributed by atoms with E-state index in [9.17, 15) is 69.7 Å². The first-order valence-electron chi connectivity index (χ1n) is 33.8. The lowest BCUT2D eigenvalue weighted by atomic mass is 10.1. The highest BCUT2D eigenvalue weighted by atomic mass is 127. The molecule has 0 unspecified atom stereocenters. The SMILES string of the molecule is Cc1cc(C)cc(C(=O)NC(=S)Nc2c(O)cccc2[N+](=O)[O-])c1.Cc1cc(C)cc(C(=O)NC(=S)Nc2cc(C)ccc2O)c1.Cc1cc(C)cc(C(=O)NC(=S)Nc2cc(Cl)ccc2O)c1.Cc1cc(C)cc(C(=O)NC(=S)Nc2ccc(C)cc2O)c1.Cc1cc(I)cc(C(=O)NC(=S)Nc2cc([N+](=O)[O-])ccc2O)c1. The number of para-hydroxylation sites is 1. The lowest BCUT2D eigenvalue weighted by molar-refractivity contribution is -0.384. The summed E-state index contributed by atoms with van der Waals surface area (Å²) in [5.74, 6) is -2.15. The van der Waals surface area contributed by atoms with Crippen molar-refractivity contribution >= 4 is 190 Å². The van der Waals surface area contributed by atoms with Crippen LogP contribution in [-0.2, 0) is 0 Å². The van der Waals surface area contributed by atoms with Gasteiger partial charge in [0, 0.05) is 54.6 Å². The number of carbonyl (C=O) groups excluding carboxylic acids is 5. The van der Waals surface area contributed by atoms with Gasteiger partial charge >= 0.3 is 0 Å². The van der Waals surface area contributed by atoms with E-state index in [4.69, 9.17) is 72.7 Å². The number of hydrogen-bond donors (Lipinski definition) is 15. The number of rotatable bonds is 12. The minimum atomic E-state index is -0.656. The number of phenols is 5. The Morgan fingerprint density at radius 1 is 0.325 bits per heavy atom. The molecule has 26 nitrogen and oxygen atoms in total. The number of anilines is 5. The molecule has 0 aliphatic rings. The van der Waals surface area contributed by atoms with Crippen molar-refractivity contribution in [1.82, 2.24) is 26.6 Å². The van der Waals surface area contributed by atoms with Crippen molar-refractivity contribution in [1.29, 1.82) is 0 Å². The number of amides is 5. The van der Waals surface area contributed by atoms with Crippen molar-refractivity contribution < 1.29 is 59.4 Å². The number of thiocarbonyl (C=S) groups is 5. The molecule has 114 heavy (non-hydrogen) atoms. The van der Waals surface area contributed by atoms with Gasteiger partial charge in [0.1, 0.15) is 28.7 Å². The number of hydrogen-bond acceptors (Lipinski definition) is 19. The van der Waals surface area contributed by atoms with Gasteiger partial charge in [-0.1, -0.05) is 98.6 Å². The van der Waals surface area contributed by atoms with Gasteiger partial charge in [-0.2, -0.15) is 0 Å². The Morgan fingerprint density at radius 3 is 1.01 bits per heavy atom. The molecule has 0 radical (unpaired) electrons. The van der Waals surface area contributed by atoms with Crippen LogP contribution in [0.25, 0.3) is 0 Å². The first-order chi connectivity index (χ1) is 53.6. The molecule has 0 atom stereocenters. The molecular formula is C81H78ClIN12O14S5. The second-order valence-electron chi connectivity index (χ2n) is 25.7. The van der Waals surface area contributed by atoms with E-state index in [1.54, 1.807) is 97.1 Å². The number of halogens is 2. The van der Waals surface area contributed by atoms with Gasteiger partial charge < -0.3 is 52.1 Å². The van der Waals surface area contributed by atoms with E-state index in [2.05, 4.69) is 75.8 Å². The van der Waals surface area contributed by atoms with Gasteiger partial charge in [0.15, 0.2) is 31.2 Å². The molecule has 0 bridgehead atoms. The fraction of sp³-hybridized carbons (Fsp3) is 0.136. The number of benzene rings is 10. The molecule has 0 spiro atoms. The predicted octanol–water partition coefficient (Wildman–Crippen LogP) is 17.1. The summed E-state index contributed by atoms with van der Waals surface area (Å²) in [6.45, 7) is 21.0. The molecule has 10 rings (SSSR count). The highest BCUT2D eigenvalue weighted by molar-refractivity contribution is 14.1. The Morgan fingerprint density at radius 2 is 0.640 bits per heavy atom. The Labute approximate surface area is 702 Å². The zero-order valence-corrected chi connectivity index (χ0v) is 69.9. The smallest absolute Gasteiger partial charge is 0.296 e. The molecule has 0 saturated carbocycles. The summed E-state index contributed by atoms with van der Waals surface area (Å²) in [5.41, 5.74) is 13.8. The van der Waals surface area contributed by atoms with Gasteiger partial charge in [0.25, 0.3) is 40.9 Å². The summed E-state index contributed by atoms with van der Waals surface area (Å²) >= 11 is 33.3. The third-order valence-corrected chi connectivity index (χ3v) is 17.2. The lowest BCUT2D eigenvalue weighted by Crippen LogP contribution is -2.34. The first kappa shape index (κ1) is 90.7. The fourth-order valence-electron chi connectivity index (χ4n) is 10.6. The van der Waals surface area contributed by atoms with Crippen molar-refractivity contribution in [2.24, 2.45) is 0 Å². The van der Waals surface area contributed by atoms with Crippen LogP contribution in [0, 0.1) is 100.0 Å². The maximum atomic E-state index is 12.2. The van der Waals surface area contributed by atoms with Crippen molar-refractivity contribution in [3.05, 3.63) is 300 Å². The van der Waals surface area contributed by atoms with E-state index < -0.39 is 21.7 Å². The zero-order valence-electron chi connectivity index (χ0n) is 62.9. The van der Waals surface area contributed by atoms with Crippen molar-refractivity contribution in [2.75, 3.05) is 26.6 Å². The van der Waals surface area contributed by atoms with Crippen molar-refractivity contribution in [2.45, 2.75) is 76.2 Å². The number of nitro groups is 2. The van der Waals surface area contributed by atoms with Crippen LogP contribution >= 0.6 is 95.3 Å². The van der Waals surface area contributed by atoms with Crippen LogP contribution in [0.5, 0.6) is 28.7 Å². The molecule has 0 aliphatic heterocycles. The predicted molar refractivity (Wildman–Crippen MR) is 474 cm³/mol. The lowest BCUT2D eigenvalue weighted by Gasteiger charge is -2.12. The maximum absolute atomic E-state index is 12.2. The minimum Gasteiger partial charge on any atom is -0.506 e. The average Bonchev–Trinajstić information content (AvgIpc) is 0.819. The van der Waals surface area contributed by atoms with Gasteiger partial charge in [0.2, 0.25) is 0 Å². The van der Waals surface area contributed by atoms with E-state index >= 15 is 0 Å². The zero-order chi connectivity index (χ0) is 84.5. The van der Waals surface area contributed by atoms with Crippen LogP contribution in [0.1, 0.15) is 113 Å². The Kier molecular flexibility index (Phi) is 33.8. The van der Waals surface area contributed by atoms with Crippen LogP contribution in [0.2, 0.25) is 5.02 Å². The third kappa shape index (κ3) is 29.5. The number of nitro benzene ring substituents is 2. The van der Waals surface area contributed by atoms with Gasteiger partial charge in [-0.15, -0.1) is 0 Å². The standard InChI is InChI=1S/2C17H18N2O2S.C16H15ClN2O2S.C16H15N3O4S.C15H12IN3O4S/c1-10-4-5-15(20)14(9-10)18-17(22)19-16(21)13-7-11(2)6-12(3)8-13;1-10-4-5-14(15(20)9-10)18-17(22)19-16(21)13-7-11(2)6-12(3)8-13;1-9-5-10(2)7-11(6-9)15(21)19-16(22)18-13-8-12(17)3-4-14(13)20;1-9-6-10(2)8-11(7-9)15(21)18-16(24)17-14-12(19(22)23)4-3-5-13(14)20;1-8-4-9(6-10(16)5-8)14(21)18-15(24)17-12-7-11(19(22)23)2-3-13(12)20/h2*4-9,20H,1-3H3,(H2,18,19,21,22);3-8,20H,1-2H3,(H2,18,19,21,22);3-8,20H,1-2H3,(H2,17,18,21,24);2-7,20H,1H3,(H2,17,18,21,24). The molecule has 0 fully saturated rings. The van der Waals surface area contributed by atoms with Crippen LogP contribution in [0.3, 0.4) is 0 Å². The van der Waals surface area contributed by atoms with Crippen LogP contribution in [0.4, 0.5) is 39.8 Å². The summed E-state index contributed by atoms with van der Waals surface area (Å²) in [7, 11) is 0. The Balaban J connectivity index is 0.000000222. The number of carbonyl (C=O) groups is 5. The summed E-state index contributed by atoms with van der Waals surface area (Å²) in [6.07, 6.45) is 0. The number of nitrogens with zero attached hydrogens (tertiary/aromatic N) is 2.